The van der Waals surface area contributed by atoms with Crippen molar-refractivity contribution >= 4 is 11.6 Å². The molecule has 0 heterocycles. The van der Waals surface area contributed by atoms with Gasteiger partial charge in [-0.05, 0) is 96.9 Å². The molecule has 0 atom stereocenters. The van der Waals surface area contributed by atoms with E-state index in [1.54, 1.807) is 24.3 Å². The highest BCUT2D eigenvalue weighted by molar-refractivity contribution is 6.30. The Bertz CT molecular complexity index is 1060. The van der Waals surface area contributed by atoms with E-state index in [4.69, 9.17) is 11.6 Å². The zero-order valence-electron chi connectivity index (χ0n) is 21.5. The van der Waals surface area contributed by atoms with Crippen LogP contribution in [0.1, 0.15) is 81.4 Å². The van der Waals surface area contributed by atoms with Gasteiger partial charge in [0.15, 0.2) is 0 Å². The van der Waals surface area contributed by atoms with Crippen molar-refractivity contribution in [2.75, 3.05) is 0 Å². The SMILES string of the molecule is CCCCCc1ccc(CCC2CCC(CCc3cc(F)c(-c4ccc(Cl)cc4)c(F)c3)CC2)cc1. The first-order chi connectivity index (χ1) is 17.5. The molecule has 1 aliphatic rings. The first-order valence-electron chi connectivity index (χ1n) is 13.8. The lowest BCUT2D eigenvalue weighted by Gasteiger charge is -2.28. The largest absolute Gasteiger partial charge is 0.206 e. The molecule has 0 radical (unpaired) electrons. The van der Waals surface area contributed by atoms with Crippen LogP contribution in [0.25, 0.3) is 11.1 Å². The number of hydrogen-bond acceptors (Lipinski definition) is 0. The van der Waals surface area contributed by atoms with Gasteiger partial charge in [-0.15, -0.1) is 0 Å². The van der Waals surface area contributed by atoms with E-state index in [0.29, 0.717) is 16.5 Å². The van der Waals surface area contributed by atoms with Crippen LogP contribution in [0.4, 0.5) is 8.78 Å². The molecule has 3 heteroatoms. The summed E-state index contributed by atoms with van der Waals surface area (Å²) in [6, 6.07) is 18.9. The van der Waals surface area contributed by atoms with Crippen LogP contribution in [0.15, 0.2) is 60.7 Å². The van der Waals surface area contributed by atoms with Crippen LogP contribution in [0.5, 0.6) is 0 Å². The Hall–Kier alpha value is -2.19. The minimum Gasteiger partial charge on any atom is -0.206 e. The van der Waals surface area contributed by atoms with Gasteiger partial charge < -0.3 is 0 Å². The maximum Gasteiger partial charge on any atom is 0.134 e. The zero-order chi connectivity index (χ0) is 25.3. The molecular formula is C33H39ClF2. The van der Waals surface area contributed by atoms with Gasteiger partial charge in [-0.2, -0.15) is 0 Å². The molecule has 1 saturated carbocycles. The van der Waals surface area contributed by atoms with Crippen LogP contribution in [-0.2, 0) is 19.3 Å². The van der Waals surface area contributed by atoms with E-state index < -0.39 is 11.6 Å². The van der Waals surface area contributed by atoms with Crippen molar-refractivity contribution in [2.45, 2.75) is 84.0 Å². The molecule has 0 amide bonds. The fourth-order valence-corrected chi connectivity index (χ4v) is 5.79. The van der Waals surface area contributed by atoms with Crippen molar-refractivity contribution in [3.05, 3.63) is 94.0 Å². The summed E-state index contributed by atoms with van der Waals surface area (Å²) in [5.74, 6) is 0.472. The lowest BCUT2D eigenvalue weighted by atomic mass is 9.77. The fraction of sp³-hybridized carbons (Fsp3) is 0.455. The molecule has 0 spiro atoms. The van der Waals surface area contributed by atoms with E-state index in [0.717, 1.165) is 24.3 Å². The molecule has 3 aromatic carbocycles. The Morgan fingerprint density at radius 1 is 0.667 bits per heavy atom. The van der Waals surface area contributed by atoms with E-state index >= 15 is 0 Å². The molecule has 1 fully saturated rings. The van der Waals surface area contributed by atoms with Crippen LogP contribution in [0, 0.1) is 23.5 Å². The average Bonchev–Trinajstić information content (AvgIpc) is 2.88. The third-order valence-electron chi connectivity index (χ3n) is 7.98. The summed E-state index contributed by atoms with van der Waals surface area (Å²) in [6.45, 7) is 2.25. The van der Waals surface area contributed by atoms with Gasteiger partial charge in [-0.3, -0.25) is 0 Å². The van der Waals surface area contributed by atoms with Gasteiger partial charge in [0.05, 0.1) is 5.56 Å². The van der Waals surface area contributed by atoms with Gasteiger partial charge in [0.1, 0.15) is 11.6 Å². The fourth-order valence-electron chi connectivity index (χ4n) is 5.66. The number of hydrogen-bond donors (Lipinski definition) is 0. The highest BCUT2D eigenvalue weighted by Crippen LogP contribution is 2.35. The molecule has 0 saturated heterocycles. The summed E-state index contributed by atoms with van der Waals surface area (Å²) in [4.78, 5) is 0. The molecule has 3 aromatic rings. The maximum absolute atomic E-state index is 14.8. The monoisotopic (exact) mass is 508 g/mol. The van der Waals surface area contributed by atoms with Crippen LogP contribution in [0.3, 0.4) is 0 Å². The number of benzene rings is 3. The predicted octanol–water partition coefficient (Wildman–Crippen LogP) is 10.4. The van der Waals surface area contributed by atoms with Crippen LogP contribution >= 0.6 is 11.6 Å². The highest BCUT2D eigenvalue weighted by Gasteiger charge is 2.21. The van der Waals surface area contributed by atoms with E-state index in [2.05, 4.69) is 31.2 Å². The summed E-state index contributed by atoms with van der Waals surface area (Å²) in [5.41, 5.74) is 4.22. The molecular weight excluding hydrogens is 470 g/mol. The Morgan fingerprint density at radius 3 is 1.69 bits per heavy atom. The van der Waals surface area contributed by atoms with Gasteiger partial charge >= 0.3 is 0 Å². The van der Waals surface area contributed by atoms with E-state index in [9.17, 15) is 8.78 Å². The topological polar surface area (TPSA) is 0 Å². The summed E-state index contributed by atoms with van der Waals surface area (Å²) < 4.78 is 29.5. The second kappa shape index (κ2) is 13.4. The van der Waals surface area contributed by atoms with E-state index in [1.165, 1.54) is 87.5 Å². The Morgan fingerprint density at radius 2 is 1.17 bits per heavy atom. The van der Waals surface area contributed by atoms with Gasteiger partial charge in [-0.25, -0.2) is 8.78 Å². The van der Waals surface area contributed by atoms with Gasteiger partial charge in [0.25, 0.3) is 0 Å². The first-order valence-corrected chi connectivity index (χ1v) is 14.2. The van der Waals surface area contributed by atoms with Gasteiger partial charge in [0, 0.05) is 5.02 Å². The van der Waals surface area contributed by atoms with Gasteiger partial charge in [0.2, 0.25) is 0 Å². The van der Waals surface area contributed by atoms with E-state index in [-0.39, 0.29) is 5.56 Å². The van der Waals surface area contributed by atoms with Crippen molar-refractivity contribution in [3.8, 4) is 11.1 Å². The zero-order valence-corrected chi connectivity index (χ0v) is 22.3. The number of rotatable bonds is 11. The van der Waals surface area contributed by atoms with Gasteiger partial charge in [-0.1, -0.05) is 93.4 Å². The Kier molecular flexibility index (Phi) is 9.98. The van der Waals surface area contributed by atoms with Crippen molar-refractivity contribution in [2.24, 2.45) is 11.8 Å². The lowest BCUT2D eigenvalue weighted by molar-refractivity contribution is 0.253. The normalized spacial score (nSPS) is 17.9. The summed E-state index contributed by atoms with van der Waals surface area (Å²) >= 11 is 5.91. The standard InChI is InChI=1S/C33H39ClF2/c1-2-3-4-5-24-6-8-25(9-7-24)10-11-26-12-14-27(15-13-26)16-17-28-22-31(35)33(32(36)23-28)29-18-20-30(34)21-19-29/h6-9,18-23,26-27H,2-5,10-17H2,1H3. The van der Waals surface area contributed by atoms with E-state index in [1.807, 2.05) is 0 Å². The Labute approximate surface area is 221 Å². The number of halogens is 3. The second-order valence-electron chi connectivity index (χ2n) is 10.7. The van der Waals surface area contributed by atoms with Crippen molar-refractivity contribution in [3.63, 3.8) is 0 Å². The van der Waals surface area contributed by atoms with Crippen molar-refractivity contribution in [1.82, 2.24) is 0 Å². The molecule has 0 aromatic heterocycles. The molecule has 0 bridgehead atoms. The second-order valence-corrected chi connectivity index (χ2v) is 11.1. The van der Waals surface area contributed by atoms with Crippen LogP contribution in [0.2, 0.25) is 5.02 Å². The number of aryl methyl sites for hydroxylation is 3. The van der Waals surface area contributed by atoms with Crippen LogP contribution < -0.4 is 0 Å². The minimum atomic E-state index is -0.495. The highest BCUT2D eigenvalue weighted by atomic mass is 35.5. The molecule has 4 rings (SSSR count). The third kappa shape index (κ3) is 7.65. The minimum absolute atomic E-state index is 0.0297. The molecule has 0 aliphatic heterocycles. The first kappa shape index (κ1) is 26.9. The Balaban J connectivity index is 1.20. The molecule has 0 unspecified atom stereocenters. The summed E-state index contributed by atoms with van der Waals surface area (Å²) in [7, 11) is 0. The molecule has 0 nitrogen and oxygen atoms in total. The third-order valence-corrected chi connectivity index (χ3v) is 8.23. The lowest BCUT2D eigenvalue weighted by Crippen LogP contribution is -2.16. The number of unbranched alkanes of at least 4 members (excludes halogenated alkanes) is 2. The molecule has 0 N–H and O–H groups in total. The molecule has 1 aliphatic carbocycles. The summed E-state index contributed by atoms with van der Waals surface area (Å²) in [6.07, 6.45) is 14.3. The summed E-state index contributed by atoms with van der Waals surface area (Å²) in [5, 5.41) is 0.553. The molecule has 36 heavy (non-hydrogen) atoms. The quantitative estimate of drug-likeness (QED) is 0.226. The smallest absolute Gasteiger partial charge is 0.134 e. The maximum atomic E-state index is 14.8. The molecule has 192 valence electrons. The average molecular weight is 509 g/mol. The predicted molar refractivity (Wildman–Crippen MR) is 149 cm³/mol. The van der Waals surface area contributed by atoms with Crippen molar-refractivity contribution < 1.29 is 8.78 Å². The van der Waals surface area contributed by atoms with Crippen LogP contribution in [-0.4, -0.2) is 0 Å². The van der Waals surface area contributed by atoms with Crippen molar-refractivity contribution in [1.29, 1.82) is 0 Å².